The Kier molecular flexibility index (Phi) is 3.87. The molecule has 4 heteroatoms. The van der Waals surface area contributed by atoms with Crippen LogP contribution in [-0.4, -0.2) is 21.7 Å². The molecule has 118 valence electrons. The number of amides is 1. The van der Waals surface area contributed by atoms with Gasteiger partial charge in [-0.15, -0.1) is 0 Å². The number of benzene rings is 3. The van der Waals surface area contributed by atoms with E-state index in [1.54, 1.807) is 4.90 Å². The first-order valence-electron chi connectivity index (χ1n) is 7.85. The largest absolute Gasteiger partial charge is 0.293 e. The van der Waals surface area contributed by atoms with Gasteiger partial charge in [0.25, 0.3) is 5.91 Å². The lowest BCUT2D eigenvalue weighted by atomic mass is 9.96. The summed E-state index contributed by atoms with van der Waals surface area (Å²) in [6.07, 6.45) is 2.00. The first-order valence-corrected chi connectivity index (χ1v) is 9.07. The molecule has 0 atom stereocenters. The van der Waals surface area contributed by atoms with Crippen molar-refractivity contribution in [1.29, 1.82) is 0 Å². The Bertz CT molecular complexity index is 969. The van der Waals surface area contributed by atoms with Crippen molar-refractivity contribution in [3.63, 3.8) is 0 Å². The molecule has 1 heterocycles. The van der Waals surface area contributed by atoms with Crippen molar-refractivity contribution in [1.82, 2.24) is 4.90 Å². The maximum atomic E-state index is 12.6. The maximum absolute atomic E-state index is 12.6. The summed E-state index contributed by atoms with van der Waals surface area (Å²) in [5, 5.41) is 4.65. The summed E-state index contributed by atoms with van der Waals surface area (Å²) in [4.78, 5) is 14.9. The summed E-state index contributed by atoms with van der Waals surface area (Å²) in [5.41, 5.74) is 1.08. The van der Waals surface area contributed by atoms with Gasteiger partial charge in [-0.2, -0.15) is 0 Å². The summed E-state index contributed by atoms with van der Waals surface area (Å²) in [6, 6.07) is 18.8. The SMILES string of the molecule is CCN1C(=O)/C(=C\c2c3ccccc3cc3ccccc23)SC1=S. The first-order chi connectivity index (χ1) is 11.7. The van der Waals surface area contributed by atoms with Gasteiger partial charge in [-0.3, -0.25) is 9.69 Å². The van der Waals surface area contributed by atoms with E-state index in [0.29, 0.717) is 15.8 Å². The molecule has 4 rings (SSSR count). The summed E-state index contributed by atoms with van der Waals surface area (Å²) >= 11 is 6.72. The molecule has 0 bridgehead atoms. The van der Waals surface area contributed by atoms with Crippen LogP contribution in [0.4, 0.5) is 0 Å². The van der Waals surface area contributed by atoms with Crippen LogP contribution in [0.5, 0.6) is 0 Å². The predicted octanol–water partition coefficient (Wildman–Crippen LogP) is 5.21. The lowest BCUT2D eigenvalue weighted by molar-refractivity contribution is -0.121. The summed E-state index contributed by atoms with van der Waals surface area (Å²) in [5.74, 6) is 0.00418. The van der Waals surface area contributed by atoms with Crippen LogP contribution in [0.3, 0.4) is 0 Å². The number of likely N-dealkylation sites (N-methyl/N-ethyl adjacent to an activating group) is 1. The van der Waals surface area contributed by atoms with Crippen LogP contribution in [0.15, 0.2) is 59.5 Å². The number of thioether (sulfide) groups is 1. The average Bonchev–Trinajstić information content (AvgIpc) is 2.87. The molecule has 0 aromatic heterocycles. The van der Waals surface area contributed by atoms with Crippen LogP contribution >= 0.6 is 24.0 Å². The highest BCUT2D eigenvalue weighted by atomic mass is 32.2. The minimum atomic E-state index is 0.00418. The van der Waals surface area contributed by atoms with Gasteiger partial charge in [0.05, 0.1) is 4.91 Å². The molecule has 1 aliphatic heterocycles. The fraction of sp³-hybridized carbons (Fsp3) is 0.100. The molecular formula is C20H15NOS2. The minimum absolute atomic E-state index is 0.00418. The zero-order valence-electron chi connectivity index (χ0n) is 13.2. The van der Waals surface area contributed by atoms with E-state index in [-0.39, 0.29) is 5.91 Å². The van der Waals surface area contributed by atoms with Gasteiger partial charge in [0.2, 0.25) is 0 Å². The summed E-state index contributed by atoms with van der Waals surface area (Å²) < 4.78 is 0.637. The molecule has 0 spiro atoms. The average molecular weight is 349 g/mol. The number of carbonyl (C=O) groups is 1. The number of hydrogen-bond donors (Lipinski definition) is 0. The van der Waals surface area contributed by atoms with Crippen molar-refractivity contribution in [2.75, 3.05) is 6.54 Å². The molecule has 1 aliphatic rings. The van der Waals surface area contributed by atoms with Crippen LogP contribution < -0.4 is 0 Å². The lowest BCUT2D eigenvalue weighted by Gasteiger charge is -2.10. The Morgan fingerprint density at radius 1 is 1.04 bits per heavy atom. The van der Waals surface area contributed by atoms with Crippen LogP contribution in [0.2, 0.25) is 0 Å². The number of carbonyl (C=O) groups excluding carboxylic acids is 1. The van der Waals surface area contributed by atoms with Crippen molar-refractivity contribution < 1.29 is 4.79 Å². The Hall–Kier alpha value is -2.17. The van der Waals surface area contributed by atoms with E-state index >= 15 is 0 Å². The number of rotatable bonds is 2. The molecular weight excluding hydrogens is 334 g/mol. The van der Waals surface area contributed by atoms with Gasteiger partial charge in [-0.25, -0.2) is 0 Å². The number of fused-ring (bicyclic) bond motifs is 2. The normalized spacial score (nSPS) is 16.7. The van der Waals surface area contributed by atoms with E-state index in [2.05, 4.69) is 30.3 Å². The first kappa shape index (κ1) is 15.4. The molecule has 3 aromatic rings. The van der Waals surface area contributed by atoms with E-state index in [1.807, 2.05) is 37.3 Å². The molecule has 3 aromatic carbocycles. The highest BCUT2D eigenvalue weighted by molar-refractivity contribution is 8.26. The van der Waals surface area contributed by atoms with E-state index in [1.165, 1.54) is 22.5 Å². The third-order valence-electron chi connectivity index (χ3n) is 4.28. The Labute approximate surface area is 150 Å². The minimum Gasteiger partial charge on any atom is -0.293 e. The molecule has 24 heavy (non-hydrogen) atoms. The molecule has 2 nitrogen and oxygen atoms in total. The zero-order chi connectivity index (χ0) is 16.7. The molecule has 0 aliphatic carbocycles. The predicted molar refractivity (Wildman–Crippen MR) is 107 cm³/mol. The second-order valence-corrected chi connectivity index (χ2v) is 7.33. The Balaban J connectivity index is 2.00. The highest BCUT2D eigenvalue weighted by Crippen LogP contribution is 2.36. The van der Waals surface area contributed by atoms with Crippen LogP contribution in [0, 0.1) is 0 Å². The van der Waals surface area contributed by atoms with Crippen molar-refractivity contribution in [3.8, 4) is 0 Å². The second-order valence-electron chi connectivity index (χ2n) is 5.66. The molecule has 0 N–H and O–H groups in total. The highest BCUT2D eigenvalue weighted by Gasteiger charge is 2.30. The van der Waals surface area contributed by atoms with E-state index in [4.69, 9.17) is 12.2 Å². The van der Waals surface area contributed by atoms with Crippen LogP contribution in [0.1, 0.15) is 12.5 Å². The van der Waals surface area contributed by atoms with Gasteiger partial charge in [-0.1, -0.05) is 72.5 Å². The number of thiocarbonyl (C=S) groups is 1. The molecule has 1 fully saturated rings. The maximum Gasteiger partial charge on any atom is 0.266 e. The van der Waals surface area contributed by atoms with Crippen molar-refractivity contribution >= 4 is 61.8 Å². The second kappa shape index (κ2) is 6.04. The van der Waals surface area contributed by atoms with Gasteiger partial charge in [0.1, 0.15) is 4.32 Å². The molecule has 0 radical (unpaired) electrons. The monoisotopic (exact) mass is 349 g/mol. The Morgan fingerprint density at radius 2 is 1.62 bits per heavy atom. The Morgan fingerprint density at radius 3 is 2.17 bits per heavy atom. The fourth-order valence-corrected chi connectivity index (χ4v) is 4.47. The summed E-state index contributed by atoms with van der Waals surface area (Å²) in [7, 11) is 0. The third kappa shape index (κ3) is 2.43. The third-order valence-corrected chi connectivity index (χ3v) is 5.66. The molecule has 1 amide bonds. The summed E-state index contributed by atoms with van der Waals surface area (Å²) in [6.45, 7) is 2.55. The quantitative estimate of drug-likeness (QED) is 0.360. The van der Waals surface area contributed by atoms with Crippen LogP contribution in [-0.2, 0) is 4.79 Å². The number of hydrogen-bond acceptors (Lipinski definition) is 3. The topological polar surface area (TPSA) is 20.3 Å². The fourth-order valence-electron chi connectivity index (χ4n) is 3.11. The van der Waals surface area contributed by atoms with Gasteiger partial charge in [-0.05, 0) is 46.2 Å². The molecule has 0 unspecified atom stereocenters. The van der Waals surface area contributed by atoms with E-state index in [9.17, 15) is 4.79 Å². The van der Waals surface area contributed by atoms with Gasteiger partial charge < -0.3 is 0 Å². The van der Waals surface area contributed by atoms with Crippen LogP contribution in [0.25, 0.3) is 27.6 Å². The lowest BCUT2D eigenvalue weighted by Crippen LogP contribution is -2.27. The van der Waals surface area contributed by atoms with Gasteiger partial charge >= 0.3 is 0 Å². The van der Waals surface area contributed by atoms with E-state index < -0.39 is 0 Å². The van der Waals surface area contributed by atoms with Gasteiger partial charge in [0.15, 0.2) is 0 Å². The van der Waals surface area contributed by atoms with Crippen molar-refractivity contribution in [2.24, 2.45) is 0 Å². The van der Waals surface area contributed by atoms with Crippen molar-refractivity contribution in [2.45, 2.75) is 6.92 Å². The standard InChI is InChI=1S/C20H15NOS2/c1-2-21-19(22)18(24-20(21)23)12-17-15-9-5-3-7-13(15)11-14-8-4-6-10-16(14)17/h3-12H,2H2,1H3/b18-12+. The smallest absolute Gasteiger partial charge is 0.266 e. The molecule has 0 saturated carbocycles. The number of nitrogens with zero attached hydrogens (tertiary/aromatic N) is 1. The zero-order valence-corrected chi connectivity index (χ0v) is 14.8. The van der Waals surface area contributed by atoms with Crippen molar-refractivity contribution in [3.05, 3.63) is 65.1 Å². The van der Waals surface area contributed by atoms with E-state index in [0.717, 1.165) is 16.3 Å². The van der Waals surface area contributed by atoms with Gasteiger partial charge in [0, 0.05) is 6.54 Å². The molecule has 1 saturated heterocycles.